The van der Waals surface area contributed by atoms with E-state index in [0.717, 1.165) is 36.9 Å². The zero-order valence-corrected chi connectivity index (χ0v) is 15.8. The van der Waals surface area contributed by atoms with Crippen LogP contribution in [-0.4, -0.2) is 12.2 Å². The Morgan fingerprint density at radius 2 is 1.71 bits per heavy atom. The van der Waals surface area contributed by atoms with Crippen molar-refractivity contribution < 1.29 is 23.0 Å². The van der Waals surface area contributed by atoms with Gasteiger partial charge in [-0.15, -0.1) is 8.78 Å². The van der Waals surface area contributed by atoms with Crippen molar-refractivity contribution in [3.63, 3.8) is 0 Å². The Kier molecular flexibility index (Phi) is 5.15. The monoisotopic (exact) mass is 407 g/mol. The Hall–Kier alpha value is -2.34. The number of alkyl halides is 2. The minimum absolute atomic E-state index is 0.00363. The molecule has 1 heterocycles. The molecule has 1 amide bonds. The van der Waals surface area contributed by atoms with Gasteiger partial charge in [-0.25, -0.2) is 0 Å². The van der Waals surface area contributed by atoms with Crippen LogP contribution in [0.5, 0.6) is 11.5 Å². The number of nitrogens with one attached hydrogen (secondary N) is 1. The van der Waals surface area contributed by atoms with Crippen LogP contribution in [0.1, 0.15) is 43.6 Å². The molecule has 7 heteroatoms. The van der Waals surface area contributed by atoms with Gasteiger partial charge in [0, 0.05) is 17.1 Å². The van der Waals surface area contributed by atoms with Crippen molar-refractivity contribution >= 4 is 23.2 Å². The third-order valence-corrected chi connectivity index (χ3v) is 5.60. The summed E-state index contributed by atoms with van der Waals surface area (Å²) in [4.78, 5) is 12.3. The smallest absolute Gasteiger partial charge is 0.395 e. The molecule has 1 aliphatic carbocycles. The summed E-state index contributed by atoms with van der Waals surface area (Å²) in [5.74, 6) is 0.755. The zero-order valence-electron chi connectivity index (χ0n) is 15.1. The minimum atomic E-state index is -3.59. The van der Waals surface area contributed by atoms with Gasteiger partial charge in [0.2, 0.25) is 5.91 Å². The summed E-state index contributed by atoms with van der Waals surface area (Å²) >= 11 is 5.85. The molecule has 2 aromatic carbocycles. The number of fused-ring (bicyclic) bond motifs is 1. The predicted molar refractivity (Wildman–Crippen MR) is 102 cm³/mol. The summed E-state index contributed by atoms with van der Waals surface area (Å²) in [6.45, 7) is 0. The molecule has 4 rings (SSSR count). The van der Waals surface area contributed by atoms with Crippen molar-refractivity contribution in [2.24, 2.45) is 5.92 Å². The van der Waals surface area contributed by atoms with Gasteiger partial charge >= 0.3 is 6.29 Å². The lowest BCUT2D eigenvalue weighted by Crippen LogP contribution is -2.25. The summed E-state index contributed by atoms with van der Waals surface area (Å²) in [5, 5.41) is 3.52. The Bertz CT molecular complexity index is 864. The molecule has 148 valence electrons. The second kappa shape index (κ2) is 7.59. The third kappa shape index (κ3) is 4.38. The molecule has 28 heavy (non-hydrogen) atoms. The SMILES string of the molecule is O=C(C[C@H]1CC[C@H](c2ccc3c(c2)OC(F)(F)O3)CC1)Nc1ccc(Cl)cc1. The topological polar surface area (TPSA) is 47.6 Å². The van der Waals surface area contributed by atoms with E-state index in [-0.39, 0.29) is 23.3 Å². The van der Waals surface area contributed by atoms with E-state index in [1.54, 1.807) is 30.3 Å². The highest BCUT2D eigenvalue weighted by atomic mass is 35.5. The average molecular weight is 408 g/mol. The van der Waals surface area contributed by atoms with Crippen LogP contribution in [0, 0.1) is 5.92 Å². The predicted octanol–water partition coefficient (Wildman–Crippen LogP) is 5.96. The van der Waals surface area contributed by atoms with Crippen LogP contribution < -0.4 is 14.8 Å². The van der Waals surface area contributed by atoms with E-state index in [4.69, 9.17) is 11.6 Å². The molecule has 1 saturated carbocycles. The Balaban J connectivity index is 1.29. The van der Waals surface area contributed by atoms with Crippen LogP contribution in [0.25, 0.3) is 0 Å². The lowest BCUT2D eigenvalue weighted by atomic mass is 9.77. The highest BCUT2D eigenvalue weighted by molar-refractivity contribution is 6.30. The highest BCUT2D eigenvalue weighted by Gasteiger charge is 2.43. The molecule has 2 aromatic rings. The number of amides is 1. The molecular formula is C21H20ClF2NO3. The van der Waals surface area contributed by atoms with E-state index in [1.165, 1.54) is 6.07 Å². The molecule has 2 aliphatic rings. The fourth-order valence-corrected chi connectivity index (χ4v) is 4.05. The summed E-state index contributed by atoms with van der Waals surface area (Å²) < 4.78 is 35.3. The third-order valence-electron chi connectivity index (χ3n) is 5.35. The van der Waals surface area contributed by atoms with Crippen molar-refractivity contribution in [3.05, 3.63) is 53.1 Å². The van der Waals surface area contributed by atoms with Crippen LogP contribution in [0.2, 0.25) is 5.02 Å². The second-order valence-electron chi connectivity index (χ2n) is 7.35. The van der Waals surface area contributed by atoms with Gasteiger partial charge in [0.15, 0.2) is 11.5 Å². The number of carbonyl (C=O) groups is 1. The summed E-state index contributed by atoms with van der Waals surface area (Å²) in [6, 6.07) is 12.0. The Morgan fingerprint density at radius 3 is 2.43 bits per heavy atom. The van der Waals surface area contributed by atoms with Gasteiger partial charge in [-0.2, -0.15) is 0 Å². The number of carbonyl (C=O) groups excluding carboxylic acids is 1. The fraction of sp³-hybridized carbons (Fsp3) is 0.381. The Labute approximate surface area is 166 Å². The molecule has 0 radical (unpaired) electrons. The van der Waals surface area contributed by atoms with Crippen LogP contribution in [-0.2, 0) is 4.79 Å². The van der Waals surface area contributed by atoms with E-state index in [1.807, 2.05) is 6.07 Å². The van der Waals surface area contributed by atoms with Gasteiger partial charge in [-0.3, -0.25) is 4.79 Å². The van der Waals surface area contributed by atoms with Crippen molar-refractivity contribution in [1.29, 1.82) is 0 Å². The van der Waals surface area contributed by atoms with Crippen molar-refractivity contribution in [1.82, 2.24) is 0 Å². The molecule has 0 spiro atoms. The molecule has 1 fully saturated rings. The maximum absolute atomic E-state index is 13.2. The van der Waals surface area contributed by atoms with Gasteiger partial charge in [0.1, 0.15) is 0 Å². The number of anilines is 1. The number of rotatable bonds is 4. The normalized spacial score (nSPS) is 22.7. The highest BCUT2D eigenvalue weighted by Crippen LogP contribution is 2.44. The maximum Gasteiger partial charge on any atom is 0.586 e. The van der Waals surface area contributed by atoms with E-state index in [0.29, 0.717) is 17.4 Å². The van der Waals surface area contributed by atoms with Gasteiger partial charge < -0.3 is 14.8 Å². The quantitative estimate of drug-likeness (QED) is 0.679. The van der Waals surface area contributed by atoms with Gasteiger partial charge in [0.05, 0.1) is 0 Å². The summed E-state index contributed by atoms with van der Waals surface area (Å²) in [5.41, 5.74) is 1.71. The second-order valence-corrected chi connectivity index (χ2v) is 7.79. The van der Waals surface area contributed by atoms with E-state index >= 15 is 0 Å². The molecule has 0 bridgehead atoms. The van der Waals surface area contributed by atoms with E-state index in [2.05, 4.69) is 14.8 Å². The van der Waals surface area contributed by atoms with E-state index in [9.17, 15) is 13.6 Å². The number of hydrogen-bond acceptors (Lipinski definition) is 3. The van der Waals surface area contributed by atoms with Crippen LogP contribution in [0.4, 0.5) is 14.5 Å². The van der Waals surface area contributed by atoms with E-state index < -0.39 is 6.29 Å². The van der Waals surface area contributed by atoms with Crippen LogP contribution in [0.15, 0.2) is 42.5 Å². The fourth-order valence-electron chi connectivity index (χ4n) is 3.93. The molecule has 0 atom stereocenters. The van der Waals surface area contributed by atoms with Crippen molar-refractivity contribution in [2.45, 2.75) is 44.3 Å². The van der Waals surface area contributed by atoms with Gasteiger partial charge in [0.25, 0.3) is 0 Å². The van der Waals surface area contributed by atoms with Gasteiger partial charge in [-0.05, 0) is 79.5 Å². The van der Waals surface area contributed by atoms with Crippen LogP contribution >= 0.6 is 11.6 Å². The summed E-state index contributed by atoms with van der Waals surface area (Å²) in [7, 11) is 0. The van der Waals surface area contributed by atoms with Crippen molar-refractivity contribution in [3.8, 4) is 11.5 Å². The lowest BCUT2D eigenvalue weighted by molar-refractivity contribution is -0.286. The molecular weight excluding hydrogens is 388 g/mol. The minimum Gasteiger partial charge on any atom is -0.395 e. The molecule has 1 aliphatic heterocycles. The first-order chi connectivity index (χ1) is 13.4. The molecule has 0 unspecified atom stereocenters. The first kappa shape index (κ1) is 19.0. The molecule has 4 nitrogen and oxygen atoms in total. The number of benzene rings is 2. The van der Waals surface area contributed by atoms with Crippen LogP contribution in [0.3, 0.4) is 0 Å². The first-order valence-corrected chi connectivity index (χ1v) is 9.71. The molecule has 0 aromatic heterocycles. The first-order valence-electron chi connectivity index (χ1n) is 9.33. The summed E-state index contributed by atoms with van der Waals surface area (Å²) in [6.07, 6.45) is 0.551. The largest absolute Gasteiger partial charge is 0.586 e. The number of halogens is 3. The molecule has 0 saturated heterocycles. The Morgan fingerprint density at radius 1 is 1.04 bits per heavy atom. The molecule has 1 N–H and O–H groups in total. The lowest BCUT2D eigenvalue weighted by Gasteiger charge is -2.28. The standard InChI is InChI=1S/C21H20ClF2NO3/c22-16-6-8-17(9-7-16)25-20(26)11-13-1-3-14(4-2-13)15-5-10-18-19(12-15)28-21(23,24)27-18/h5-10,12-14H,1-4,11H2,(H,25,26)/t13-,14-. The zero-order chi connectivity index (χ0) is 19.7. The maximum atomic E-state index is 13.2. The van der Waals surface area contributed by atoms with Gasteiger partial charge in [-0.1, -0.05) is 17.7 Å². The van der Waals surface area contributed by atoms with Crippen molar-refractivity contribution in [2.75, 3.05) is 5.32 Å². The number of ether oxygens (including phenoxy) is 2. The number of hydrogen-bond donors (Lipinski definition) is 1. The average Bonchev–Trinajstić information content (AvgIpc) is 2.97.